The molecule has 4 nitrogen and oxygen atoms in total. The molecule has 1 amide bonds. The summed E-state index contributed by atoms with van der Waals surface area (Å²) in [6.07, 6.45) is -0.126. The van der Waals surface area contributed by atoms with Crippen LogP contribution in [-0.2, 0) is 16.0 Å². The molecule has 1 aromatic carbocycles. The summed E-state index contributed by atoms with van der Waals surface area (Å²) < 4.78 is 5.20. The van der Waals surface area contributed by atoms with Crippen molar-refractivity contribution in [3.63, 3.8) is 0 Å². The highest BCUT2D eigenvalue weighted by atomic mass is 16.6. The standard InChI is InChI=1S/C15H21NO3/c1-10-6-7-12(8-11(2)17)9-13(10)16-14(18)19-15(3,4)5/h6-7,9H,8H2,1-5H3,(H,16,18). The van der Waals surface area contributed by atoms with Crippen LogP contribution in [0.15, 0.2) is 18.2 Å². The zero-order valence-corrected chi connectivity index (χ0v) is 12.2. The summed E-state index contributed by atoms with van der Waals surface area (Å²) in [5, 5.41) is 2.71. The van der Waals surface area contributed by atoms with Crippen molar-refractivity contribution in [2.45, 2.75) is 46.6 Å². The summed E-state index contributed by atoms with van der Waals surface area (Å²) in [6, 6.07) is 5.57. The molecule has 4 heteroatoms. The number of hydrogen-bond acceptors (Lipinski definition) is 3. The molecule has 0 aliphatic heterocycles. The van der Waals surface area contributed by atoms with Crippen molar-refractivity contribution in [3.8, 4) is 0 Å². The SMILES string of the molecule is CC(=O)Cc1ccc(C)c(NC(=O)OC(C)(C)C)c1. The molecule has 0 saturated heterocycles. The number of carbonyl (C=O) groups is 2. The van der Waals surface area contributed by atoms with E-state index in [0.717, 1.165) is 11.1 Å². The average molecular weight is 263 g/mol. The Hall–Kier alpha value is -1.84. The predicted molar refractivity (Wildman–Crippen MR) is 75.4 cm³/mol. The van der Waals surface area contributed by atoms with Crippen LogP contribution >= 0.6 is 0 Å². The molecular weight excluding hydrogens is 242 g/mol. The molecule has 1 rings (SSSR count). The molecule has 0 aliphatic rings. The fraction of sp³-hybridized carbons (Fsp3) is 0.467. The maximum absolute atomic E-state index is 11.7. The third-order valence-corrected chi connectivity index (χ3v) is 2.39. The van der Waals surface area contributed by atoms with E-state index in [1.54, 1.807) is 13.0 Å². The number of carbonyl (C=O) groups excluding carboxylic acids is 2. The second-order valence-corrected chi connectivity index (χ2v) is 5.65. The highest BCUT2D eigenvalue weighted by Gasteiger charge is 2.16. The zero-order valence-electron chi connectivity index (χ0n) is 12.2. The number of hydrogen-bond donors (Lipinski definition) is 1. The van der Waals surface area contributed by atoms with Gasteiger partial charge in [-0.1, -0.05) is 12.1 Å². The number of anilines is 1. The number of ketones is 1. The van der Waals surface area contributed by atoms with Crippen molar-refractivity contribution in [1.29, 1.82) is 0 Å². The van der Waals surface area contributed by atoms with Crippen LogP contribution < -0.4 is 5.32 Å². The fourth-order valence-corrected chi connectivity index (χ4v) is 1.61. The van der Waals surface area contributed by atoms with Crippen molar-refractivity contribution in [2.24, 2.45) is 0 Å². The molecule has 0 spiro atoms. The lowest BCUT2D eigenvalue weighted by molar-refractivity contribution is -0.116. The molecular formula is C15H21NO3. The van der Waals surface area contributed by atoms with Crippen LogP contribution in [0.4, 0.5) is 10.5 Å². The van der Waals surface area contributed by atoms with E-state index in [0.29, 0.717) is 12.1 Å². The first-order chi connectivity index (χ1) is 8.67. The van der Waals surface area contributed by atoms with E-state index in [1.807, 2.05) is 39.8 Å². The van der Waals surface area contributed by atoms with Gasteiger partial charge in [-0.25, -0.2) is 4.79 Å². The van der Waals surface area contributed by atoms with Crippen molar-refractivity contribution in [1.82, 2.24) is 0 Å². The lowest BCUT2D eigenvalue weighted by Gasteiger charge is -2.20. The van der Waals surface area contributed by atoms with E-state index in [-0.39, 0.29) is 5.78 Å². The Morgan fingerprint density at radius 2 is 1.89 bits per heavy atom. The van der Waals surface area contributed by atoms with Gasteiger partial charge in [-0.3, -0.25) is 10.1 Å². The molecule has 0 radical (unpaired) electrons. The molecule has 0 aliphatic carbocycles. The Labute approximate surface area is 114 Å². The molecule has 0 fully saturated rings. The van der Waals surface area contributed by atoms with E-state index in [2.05, 4.69) is 5.32 Å². The van der Waals surface area contributed by atoms with Gasteiger partial charge in [-0.05, 0) is 51.8 Å². The highest BCUT2D eigenvalue weighted by Crippen LogP contribution is 2.19. The minimum Gasteiger partial charge on any atom is -0.444 e. The number of benzene rings is 1. The largest absolute Gasteiger partial charge is 0.444 e. The topological polar surface area (TPSA) is 55.4 Å². The Kier molecular flexibility index (Phi) is 4.70. The van der Waals surface area contributed by atoms with Gasteiger partial charge in [-0.2, -0.15) is 0 Å². The molecule has 0 unspecified atom stereocenters. The van der Waals surface area contributed by atoms with Gasteiger partial charge in [-0.15, -0.1) is 0 Å². The van der Waals surface area contributed by atoms with Crippen LogP contribution in [0.5, 0.6) is 0 Å². The minimum atomic E-state index is -0.533. The lowest BCUT2D eigenvalue weighted by atomic mass is 10.1. The van der Waals surface area contributed by atoms with Gasteiger partial charge in [0, 0.05) is 12.1 Å². The van der Waals surface area contributed by atoms with E-state index in [4.69, 9.17) is 4.74 Å². The van der Waals surface area contributed by atoms with Gasteiger partial charge >= 0.3 is 6.09 Å². The summed E-state index contributed by atoms with van der Waals surface area (Å²) >= 11 is 0. The van der Waals surface area contributed by atoms with Crippen molar-refractivity contribution in [2.75, 3.05) is 5.32 Å². The first-order valence-electron chi connectivity index (χ1n) is 6.26. The van der Waals surface area contributed by atoms with Gasteiger partial charge in [0.15, 0.2) is 0 Å². The second kappa shape index (κ2) is 5.87. The first kappa shape index (κ1) is 15.2. The summed E-state index contributed by atoms with van der Waals surface area (Å²) in [6.45, 7) is 8.87. The smallest absolute Gasteiger partial charge is 0.412 e. The fourth-order valence-electron chi connectivity index (χ4n) is 1.61. The van der Waals surface area contributed by atoms with Gasteiger partial charge in [0.1, 0.15) is 11.4 Å². The number of aryl methyl sites for hydroxylation is 1. The lowest BCUT2D eigenvalue weighted by Crippen LogP contribution is -2.27. The number of amides is 1. The molecule has 0 saturated carbocycles. The normalized spacial score (nSPS) is 11.0. The van der Waals surface area contributed by atoms with Crippen molar-refractivity contribution >= 4 is 17.6 Å². The average Bonchev–Trinajstić information content (AvgIpc) is 2.19. The Morgan fingerprint density at radius 3 is 2.42 bits per heavy atom. The number of ether oxygens (including phenoxy) is 1. The Morgan fingerprint density at radius 1 is 1.26 bits per heavy atom. The summed E-state index contributed by atoms with van der Waals surface area (Å²) in [5.74, 6) is 0.0899. The number of rotatable bonds is 3. The van der Waals surface area contributed by atoms with Gasteiger partial charge < -0.3 is 4.74 Å². The van der Waals surface area contributed by atoms with Crippen LogP contribution in [0.1, 0.15) is 38.8 Å². The molecule has 104 valence electrons. The van der Waals surface area contributed by atoms with Gasteiger partial charge in [0.25, 0.3) is 0 Å². The zero-order chi connectivity index (χ0) is 14.6. The monoisotopic (exact) mass is 263 g/mol. The quantitative estimate of drug-likeness (QED) is 0.908. The minimum absolute atomic E-state index is 0.0899. The maximum atomic E-state index is 11.7. The molecule has 0 aromatic heterocycles. The molecule has 1 aromatic rings. The summed E-state index contributed by atoms with van der Waals surface area (Å²) in [7, 11) is 0. The van der Waals surface area contributed by atoms with Crippen LogP contribution in [0, 0.1) is 6.92 Å². The van der Waals surface area contributed by atoms with Crippen LogP contribution in [0.2, 0.25) is 0 Å². The molecule has 0 atom stereocenters. The van der Waals surface area contributed by atoms with Crippen molar-refractivity contribution in [3.05, 3.63) is 29.3 Å². The first-order valence-corrected chi connectivity index (χ1v) is 6.26. The predicted octanol–water partition coefficient (Wildman–Crippen LogP) is 3.47. The van der Waals surface area contributed by atoms with E-state index >= 15 is 0 Å². The summed E-state index contributed by atoms with van der Waals surface area (Å²) in [4.78, 5) is 22.8. The van der Waals surface area contributed by atoms with Crippen molar-refractivity contribution < 1.29 is 14.3 Å². The van der Waals surface area contributed by atoms with Gasteiger partial charge in [0.05, 0.1) is 0 Å². The highest BCUT2D eigenvalue weighted by molar-refractivity contribution is 5.86. The van der Waals surface area contributed by atoms with Crippen LogP contribution in [0.25, 0.3) is 0 Å². The molecule has 1 N–H and O–H groups in total. The van der Waals surface area contributed by atoms with E-state index in [9.17, 15) is 9.59 Å². The Bertz CT molecular complexity index is 487. The van der Waals surface area contributed by atoms with Crippen LogP contribution in [-0.4, -0.2) is 17.5 Å². The van der Waals surface area contributed by atoms with Crippen LogP contribution in [0.3, 0.4) is 0 Å². The maximum Gasteiger partial charge on any atom is 0.412 e. The number of Topliss-reactive ketones (excluding diaryl/α,β-unsaturated/α-hetero) is 1. The third kappa shape index (κ3) is 5.55. The van der Waals surface area contributed by atoms with E-state index in [1.165, 1.54) is 0 Å². The Balaban J connectivity index is 2.82. The van der Waals surface area contributed by atoms with E-state index < -0.39 is 11.7 Å². The molecule has 0 heterocycles. The van der Waals surface area contributed by atoms with Gasteiger partial charge in [0.2, 0.25) is 0 Å². The second-order valence-electron chi connectivity index (χ2n) is 5.65. The molecule has 19 heavy (non-hydrogen) atoms. The number of nitrogens with one attached hydrogen (secondary N) is 1. The summed E-state index contributed by atoms with van der Waals surface area (Å²) in [5.41, 5.74) is 1.95. The molecule has 0 bridgehead atoms. The third-order valence-electron chi connectivity index (χ3n) is 2.39.